The van der Waals surface area contributed by atoms with E-state index in [1.165, 1.54) is 16.7 Å². The van der Waals surface area contributed by atoms with Crippen LogP contribution in [0.25, 0.3) is 11.1 Å². The van der Waals surface area contributed by atoms with Crippen LogP contribution in [0, 0.1) is 6.92 Å². The van der Waals surface area contributed by atoms with Gasteiger partial charge < -0.3 is 9.84 Å². The molecule has 0 saturated carbocycles. The molecule has 0 unspecified atom stereocenters. The summed E-state index contributed by atoms with van der Waals surface area (Å²) in [7, 11) is 0. The van der Waals surface area contributed by atoms with Gasteiger partial charge in [0.25, 0.3) is 0 Å². The van der Waals surface area contributed by atoms with E-state index in [2.05, 4.69) is 44.2 Å². The van der Waals surface area contributed by atoms with Crippen LogP contribution < -0.4 is 4.74 Å². The third kappa shape index (κ3) is 3.79. The summed E-state index contributed by atoms with van der Waals surface area (Å²) in [6.45, 7) is 4.29. The van der Waals surface area contributed by atoms with Gasteiger partial charge in [0, 0.05) is 6.42 Å². The van der Waals surface area contributed by atoms with E-state index in [0.717, 1.165) is 36.1 Å². The molecule has 3 aromatic rings. The maximum atomic E-state index is 11.3. The third-order valence-electron chi connectivity index (χ3n) is 5.45. The summed E-state index contributed by atoms with van der Waals surface area (Å²) in [6.07, 6.45) is 2.82. The number of hydrogen-bond donors (Lipinski definition) is 1. The van der Waals surface area contributed by atoms with Crippen LogP contribution >= 0.6 is 0 Å². The molecule has 0 fully saturated rings. The van der Waals surface area contributed by atoms with E-state index >= 15 is 0 Å². The molecule has 1 heterocycles. The Morgan fingerprint density at radius 1 is 1.04 bits per heavy atom. The lowest BCUT2D eigenvalue weighted by atomic mass is 9.86. The van der Waals surface area contributed by atoms with Crippen LogP contribution in [0.4, 0.5) is 0 Å². The molecule has 0 aromatic heterocycles. The summed E-state index contributed by atoms with van der Waals surface area (Å²) in [5, 5.41) is 9.25. The van der Waals surface area contributed by atoms with Crippen molar-refractivity contribution in [2.75, 3.05) is 0 Å². The SMILES string of the molecule is Cc1cccc(C[C@@]2(C)CCc3ccc(-c4cccc(C(=O)O)c4)cc3O2)c1. The van der Waals surface area contributed by atoms with Gasteiger partial charge in [0.2, 0.25) is 0 Å². The minimum atomic E-state index is -0.915. The van der Waals surface area contributed by atoms with E-state index in [1.54, 1.807) is 18.2 Å². The van der Waals surface area contributed by atoms with Crippen molar-refractivity contribution >= 4 is 5.97 Å². The first-order valence-corrected chi connectivity index (χ1v) is 9.63. The molecule has 0 saturated heterocycles. The Balaban J connectivity index is 1.62. The molecule has 1 atom stereocenters. The predicted molar refractivity (Wildman–Crippen MR) is 111 cm³/mol. The lowest BCUT2D eigenvalue weighted by Crippen LogP contribution is -2.38. The minimum absolute atomic E-state index is 0.248. The minimum Gasteiger partial charge on any atom is -0.487 e. The lowest BCUT2D eigenvalue weighted by molar-refractivity contribution is 0.0654. The smallest absolute Gasteiger partial charge is 0.335 e. The second-order valence-corrected chi connectivity index (χ2v) is 7.93. The monoisotopic (exact) mass is 372 g/mol. The Kier molecular flexibility index (Phi) is 4.68. The second kappa shape index (κ2) is 7.16. The highest BCUT2D eigenvalue weighted by Crippen LogP contribution is 2.38. The number of aryl methyl sites for hydroxylation is 2. The molecule has 0 spiro atoms. The van der Waals surface area contributed by atoms with Crippen molar-refractivity contribution in [2.45, 2.75) is 38.7 Å². The zero-order valence-corrected chi connectivity index (χ0v) is 16.2. The molecule has 1 N–H and O–H groups in total. The molecule has 0 amide bonds. The molecule has 3 heteroatoms. The summed E-state index contributed by atoms with van der Waals surface area (Å²) >= 11 is 0. The van der Waals surface area contributed by atoms with Gasteiger partial charge in [0.15, 0.2) is 0 Å². The van der Waals surface area contributed by atoms with E-state index < -0.39 is 5.97 Å². The van der Waals surface area contributed by atoms with E-state index in [1.807, 2.05) is 18.2 Å². The molecule has 1 aliphatic rings. The van der Waals surface area contributed by atoms with E-state index in [4.69, 9.17) is 4.74 Å². The summed E-state index contributed by atoms with van der Waals surface area (Å²) < 4.78 is 6.49. The second-order valence-electron chi connectivity index (χ2n) is 7.93. The van der Waals surface area contributed by atoms with Crippen molar-refractivity contribution in [1.29, 1.82) is 0 Å². The Morgan fingerprint density at radius 2 is 1.82 bits per heavy atom. The summed E-state index contributed by atoms with van der Waals surface area (Å²) in [5.74, 6) is -0.0126. The van der Waals surface area contributed by atoms with Gasteiger partial charge in [-0.25, -0.2) is 4.79 Å². The van der Waals surface area contributed by atoms with Gasteiger partial charge in [-0.15, -0.1) is 0 Å². The molecule has 142 valence electrons. The Labute approximate surface area is 165 Å². The number of fused-ring (bicyclic) bond motifs is 1. The van der Waals surface area contributed by atoms with Crippen molar-refractivity contribution in [3.05, 3.63) is 89.0 Å². The van der Waals surface area contributed by atoms with Crippen LogP contribution in [0.15, 0.2) is 66.7 Å². The quantitative estimate of drug-likeness (QED) is 0.640. The van der Waals surface area contributed by atoms with E-state index in [9.17, 15) is 9.90 Å². The summed E-state index contributed by atoms with van der Waals surface area (Å²) in [5.41, 5.74) is 5.66. The van der Waals surface area contributed by atoms with Crippen molar-refractivity contribution in [3.63, 3.8) is 0 Å². The van der Waals surface area contributed by atoms with Crippen molar-refractivity contribution in [3.8, 4) is 16.9 Å². The van der Waals surface area contributed by atoms with Gasteiger partial charge in [0.1, 0.15) is 11.4 Å². The highest BCUT2D eigenvalue weighted by Gasteiger charge is 2.32. The molecule has 4 rings (SSSR count). The van der Waals surface area contributed by atoms with Crippen LogP contribution in [-0.2, 0) is 12.8 Å². The van der Waals surface area contributed by atoms with Crippen LogP contribution in [0.2, 0.25) is 0 Å². The standard InChI is InChI=1S/C25H24O3/c1-17-5-3-6-18(13-17)16-25(2)12-11-19-9-10-21(15-23(19)28-25)20-7-4-8-22(14-20)24(26)27/h3-10,13-15H,11-12,16H2,1-2H3,(H,26,27)/t25-/m1/s1. The molecule has 0 bridgehead atoms. The normalized spacial score (nSPS) is 18.2. The van der Waals surface area contributed by atoms with Crippen LogP contribution in [0.3, 0.4) is 0 Å². The summed E-state index contributed by atoms with van der Waals surface area (Å²) in [4.78, 5) is 11.3. The van der Waals surface area contributed by atoms with E-state index in [0.29, 0.717) is 5.56 Å². The zero-order chi connectivity index (χ0) is 19.7. The highest BCUT2D eigenvalue weighted by atomic mass is 16.5. The van der Waals surface area contributed by atoms with Crippen LogP contribution in [0.1, 0.15) is 40.4 Å². The van der Waals surface area contributed by atoms with Crippen LogP contribution in [0.5, 0.6) is 5.75 Å². The van der Waals surface area contributed by atoms with Gasteiger partial charge >= 0.3 is 5.97 Å². The number of hydrogen-bond acceptors (Lipinski definition) is 2. The van der Waals surface area contributed by atoms with Gasteiger partial charge in [-0.05, 0) is 67.1 Å². The summed E-state index contributed by atoms with van der Waals surface area (Å²) in [6, 6.07) is 21.8. The largest absolute Gasteiger partial charge is 0.487 e. The van der Waals surface area contributed by atoms with Gasteiger partial charge in [-0.3, -0.25) is 0 Å². The molecular weight excluding hydrogens is 348 g/mol. The average molecular weight is 372 g/mol. The van der Waals surface area contributed by atoms with Gasteiger partial charge in [0.05, 0.1) is 5.56 Å². The zero-order valence-electron chi connectivity index (χ0n) is 16.2. The maximum Gasteiger partial charge on any atom is 0.335 e. The molecule has 1 aliphatic heterocycles. The number of benzene rings is 3. The molecular formula is C25H24O3. The average Bonchev–Trinajstić information content (AvgIpc) is 2.67. The fourth-order valence-corrected chi connectivity index (χ4v) is 3.96. The van der Waals surface area contributed by atoms with Gasteiger partial charge in [-0.2, -0.15) is 0 Å². The Bertz CT molecular complexity index is 1040. The lowest BCUT2D eigenvalue weighted by Gasteiger charge is -2.36. The molecule has 0 aliphatic carbocycles. The Morgan fingerprint density at radius 3 is 2.61 bits per heavy atom. The first-order chi connectivity index (χ1) is 13.4. The number of rotatable bonds is 4. The van der Waals surface area contributed by atoms with Crippen molar-refractivity contribution in [1.82, 2.24) is 0 Å². The first-order valence-electron chi connectivity index (χ1n) is 9.63. The molecule has 0 radical (unpaired) electrons. The highest BCUT2D eigenvalue weighted by molar-refractivity contribution is 5.89. The maximum absolute atomic E-state index is 11.3. The van der Waals surface area contributed by atoms with Crippen molar-refractivity contribution in [2.24, 2.45) is 0 Å². The number of carbonyl (C=O) groups is 1. The third-order valence-corrected chi connectivity index (χ3v) is 5.45. The number of carboxylic acids is 1. The fourth-order valence-electron chi connectivity index (χ4n) is 3.96. The molecule has 28 heavy (non-hydrogen) atoms. The van der Waals surface area contributed by atoms with Gasteiger partial charge in [-0.1, -0.05) is 54.1 Å². The number of aromatic carboxylic acids is 1. The first kappa shape index (κ1) is 18.3. The Hall–Kier alpha value is -3.07. The topological polar surface area (TPSA) is 46.5 Å². The number of carboxylic acid groups (broad SMARTS) is 1. The molecule has 3 aromatic carbocycles. The van der Waals surface area contributed by atoms with Crippen molar-refractivity contribution < 1.29 is 14.6 Å². The van der Waals surface area contributed by atoms with E-state index in [-0.39, 0.29) is 5.60 Å². The number of ether oxygens (including phenoxy) is 1. The predicted octanol–water partition coefficient (Wildman–Crippen LogP) is 5.69. The fraction of sp³-hybridized carbons (Fsp3) is 0.240. The molecule has 3 nitrogen and oxygen atoms in total. The van der Waals surface area contributed by atoms with Crippen LogP contribution in [-0.4, -0.2) is 16.7 Å².